The van der Waals surface area contributed by atoms with Gasteiger partial charge in [-0.05, 0) is 17.7 Å². The van der Waals surface area contributed by atoms with Gasteiger partial charge >= 0.3 is 0 Å². The van der Waals surface area contributed by atoms with Gasteiger partial charge in [-0.2, -0.15) is 0 Å². The second kappa shape index (κ2) is 9.03. The van der Waals surface area contributed by atoms with Gasteiger partial charge in [0.25, 0.3) is 25.7 Å². The zero-order chi connectivity index (χ0) is 22.6. The first-order valence-electron chi connectivity index (χ1n) is 8.34. The highest BCUT2D eigenvalue weighted by Crippen LogP contribution is 2.29. The number of hydrogen-bond acceptors (Lipinski definition) is 10. The van der Waals surface area contributed by atoms with Gasteiger partial charge in [0, 0.05) is 12.1 Å². The number of hydrogen-bond donors (Lipinski definition) is 1. The summed E-state index contributed by atoms with van der Waals surface area (Å²) < 4.78 is 55.0. The van der Waals surface area contributed by atoms with Crippen LogP contribution in [0.25, 0.3) is 0 Å². The van der Waals surface area contributed by atoms with Gasteiger partial charge in [-0.25, -0.2) is 26.3 Å². The molecule has 0 bridgehead atoms. The molecule has 164 valence electrons. The summed E-state index contributed by atoms with van der Waals surface area (Å²) in [7, 11) is -8.52. The van der Waals surface area contributed by atoms with Crippen LogP contribution in [0.2, 0.25) is 0 Å². The predicted molar refractivity (Wildman–Crippen MR) is 110 cm³/mol. The smallest absolute Gasteiger partial charge is 0.269 e. The van der Waals surface area contributed by atoms with E-state index in [1.54, 1.807) is 24.3 Å². The molecular formula is C16H15N5O7S3. The number of nitro benzene ring substituents is 1. The fourth-order valence-electron chi connectivity index (χ4n) is 2.33. The van der Waals surface area contributed by atoms with Crippen LogP contribution in [0.5, 0.6) is 0 Å². The SMILES string of the molecule is NS(=O)(=O)c1nnc(N(COCc2ccccc2)S(=O)(=O)c2ccc([N+](=O)[O-])cc2)s1. The Balaban J connectivity index is 1.93. The molecule has 0 aliphatic carbocycles. The van der Waals surface area contributed by atoms with Crippen molar-refractivity contribution >= 4 is 42.2 Å². The maximum Gasteiger partial charge on any atom is 0.269 e. The molecule has 3 rings (SSSR count). The first-order valence-corrected chi connectivity index (χ1v) is 12.1. The number of aromatic nitrogens is 2. The summed E-state index contributed by atoms with van der Waals surface area (Å²) in [5, 5.41) is 22.6. The van der Waals surface area contributed by atoms with Gasteiger partial charge in [-0.15, -0.1) is 10.2 Å². The Hall–Kier alpha value is -2.98. The zero-order valence-electron chi connectivity index (χ0n) is 15.6. The van der Waals surface area contributed by atoms with Crippen LogP contribution in [0.3, 0.4) is 0 Å². The minimum atomic E-state index is -4.33. The number of non-ortho nitro benzene ring substituents is 1. The van der Waals surface area contributed by atoms with Crippen molar-refractivity contribution in [3.63, 3.8) is 0 Å². The minimum Gasteiger partial charge on any atom is -0.355 e. The van der Waals surface area contributed by atoms with Crippen molar-refractivity contribution in [2.45, 2.75) is 15.8 Å². The Morgan fingerprint density at radius 2 is 1.68 bits per heavy atom. The molecule has 15 heteroatoms. The van der Waals surface area contributed by atoms with Crippen molar-refractivity contribution in [3.05, 3.63) is 70.3 Å². The summed E-state index contributed by atoms with van der Waals surface area (Å²) in [5.74, 6) is 0. The van der Waals surface area contributed by atoms with Crippen LogP contribution in [0.1, 0.15) is 5.56 Å². The number of rotatable bonds is 9. The lowest BCUT2D eigenvalue weighted by Gasteiger charge is -2.21. The van der Waals surface area contributed by atoms with E-state index < -0.39 is 36.0 Å². The largest absolute Gasteiger partial charge is 0.355 e. The molecule has 0 unspecified atom stereocenters. The first-order chi connectivity index (χ1) is 14.6. The van der Waals surface area contributed by atoms with E-state index in [1.807, 2.05) is 6.07 Å². The van der Waals surface area contributed by atoms with Crippen molar-refractivity contribution in [1.82, 2.24) is 10.2 Å². The number of nitro groups is 1. The lowest BCUT2D eigenvalue weighted by atomic mass is 10.2. The van der Waals surface area contributed by atoms with Gasteiger partial charge in [-0.1, -0.05) is 41.7 Å². The number of nitrogens with zero attached hydrogens (tertiary/aromatic N) is 4. The highest BCUT2D eigenvalue weighted by molar-refractivity contribution is 7.93. The molecule has 0 aliphatic rings. The maximum absolute atomic E-state index is 13.1. The molecule has 2 aromatic carbocycles. The van der Waals surface area contributed by atoms with E-state index in [0.717, 1.165) is 29.8 Å². The van der Waals surface area contributed by atoms with Crippen LogP contribution < -0.4 is 9.44 Å². The summed E-state index contributed by atoms with van der Waals surface area (Å²) in [5.41, 5.74) is 0.482. The Bertz CT molecular complexity index is 1280. The summed E-state index contributed by atoms with van der Waals surface area (Å²) in [6, 6.07) is 13.1. The number of primary sulfonamides is 1. The topological polar surface area (TPSA) is 176 Å². The molecule has 0 atom stereocenters. The van der Waals surface area contributed by atoms with Crippen molar-refractivity contribution in [1.29, 1.82) is 0 Å². The highest BCUT2D eigenvalue weighted by Gasteiger charge is 2.30. The normalized spacial score (nSPS) is 11.9. The Kier molecular flexibility index (Phi) is 6.61. The van der Waals surface area contributed by atoms with E-state index in [2.05, 4.69) is 10.2 Å². The maximum atomic E-state index is 13.1. The molecule has 12 nitrogen and oxygen atoms in total. The standard InChI is InChI=1S/C16H15N5O7S3/c17-30(24,25)16-19-18-15(29-16)20(11-28-10-12-4-2-1-3-5-12)31(26,27)14-8-6-13(7-9-14)21(22)23/h1-9H,10-11H2,(H2,17,24,25). The quantitative estimate of drug-likeness (QED) is 0.267. The van der Waals surface area contributed by atoms with Gasteiger partial charge in [0.05, 0.1) is 16.4 Å². The second-order valence-corrected chi connectivity index (χ2v) is 10.5. The molecule has 0 radical (unpaired) electrons. The Morgan fingerprint density at radius 3 is 2.23 bits per heavy atom. The van der Waals surface area contributed by atoms with E-state index in [4.69, 9.17) is 9.88 Å². The number of anilines is 1. The Labute approximate surface area is 181 Å². The number of sulfonamides is 2. The summed E-state index contributed by atoms with van der Waals surface area (Å²) >= 11 is 0.447. The van der Waals surface area contributed by atoms with Gasteiger partial charge in [0.15, 0.2) is 0 Å². The van der Waals surface area contributed by atoms with Crippen LogP contribution >= 0.6 is 11.3 Å². The molecule has 0 fully saturated rings. The molecule has 0 spiro atoms. The molecule has 1 heterocycles. The summed E-state index contributed by atoms with van der Waals surface area (Å²) in [4.78, 5) is 9.88. The van der Waals surface area contributed by atoms with Crippen LogP contribution in [0, 0.1) is 10.1 Å². The van der Waals surface area contributed by atoms with Crippen molar-refractivity contribution in [3.8, 4) is 0 Å². The van der Waals surface area contributed by atoms with Crippen LogP contribution in [0.15, 0.2) is 63.8 Å². The second-order valence-electron chi connectivity index (χ2n) is 5.96. The van der Waals surface area contributed by atoms with E-state index in [1.165, 1.54) is 0 Å². The van der Waals surface area contributed by atoms with Gasteiger partial charge in [0.1, 0.15) is 6.73 Å². The van der Waals surface area contributed by atoms with Crippen LogP contribution in [-0.4, -0.2) is 38.7 Å². The first kappa shape index (κ1) is 22.7. The van der Waals surface area contributed by atoms with Crippen LogP contribution in [-0.2, 0) is 31.4 Å². The van der Waals surface area contributed by atoms with Crippen LogP contribution in [0.4, 0.5) is 10.8 Å². The molecule has 0 aliphatic heterocycles. The fourth-order valence-corrected chi connectivity index (χ4v) is 5.25. The lowest BCUT2D eigenvalue weighted by Crippen LogP contribution is -2.33. The van der Waals surface area contributed by atoms with Gasteiger partial charge < -0.3 is 4.74 Å². The molecule has 0 saturated carbocycles. The van der Waals surface area contributed by atoms with Crippen molar-refractivity contribution in [2.75, 3.05) is 11.0 Å². The van der Waals surface area contributed by atoms with E-state index in [0.29, 0.717) is 15.6 Å². The number of ether oxygens (including phenoxy) is 1. The average Bonchev–Trinajstić information content (AvgIpc) is 3.22. The molecule has 2 N–H and O–H groups in total. The zero-order valence-corrected chi connectivity index (χ0v) is 18.0. The van der Waals surface area contributed by atoms with E-state index in [-0.39, 0.29) is 22.3 Å². The Morgan fingerprint density at radius 1 is 1.03 bits per heavy atom. The third-order valence-corrected chi connectivity index (χ3v) is 7.91. The van der Waals surface area contributed by atoms with Crippen molar-refractivity contribution in [2.24, 2.45) is 5.14 Å². The number of nitrogens with two attached hydrogens (primary N) is 1. The van der Waals surface area contributed by atoms with E-state index in [9.17, 15) is 26.9 Å². The van der Waals surface area contributed by atoms with Crippen molar-refractivity contribution < 1.29 is 26.5 Å². The monoisotopic (exact) mass is 485 g/mol. The number of benzene rings is 2. The summed E-state index contributed by atoms with van der Waals surface area (Å²) in [6.07, 6.45) is 0. The molecule has 0 saturated heterocycles. The highest BCUT2D eigenvalue weighted by atomic mass is 32.2. The summed E-state index contributed by atoms with van der Waals surface area (Å²) in [6.45, 7) is -0.457. The van der Waals surface area contributed by atoms with Gasteiger partial charge in [0.2, 0.25) is 9.47 Å². The predicted octanol–water partition coefficient (Wildman–Crippen LogP) is 1.46. The van der Waals surface area contributed by atoms with E-state index >= 15 is 0 Å². The molecular weight excluding hydrogens is 470 g/mol. The average molecular weight is 486 g/mol. The fraction of sp³-hybridized carbons (Fsp3) is 0.125. The lowest BCUT2D eigenvalue weighted by molar-refractivity contribution is -0.384. The minimum absolute atomic E-state index is 0.0635. The molecule has 3 aromatic rings. The van der Waals surface area contributed by atoms with Gasteiger partial charge in [-0.3, -0.25) is 10.1 Å². The molecule has 31 heavy (non-hydrogen) atoms. The molecule has 1 aromatic heterocycles. The molecule has 0 amide bonds. The third kappa shape index (κ3) is 5.39. The third-order valence-electron chi connectivity index (χ3n) is 3.81.